The van der Waals surface area contributed by atoms with E-state index in [1.165, 1.54) is 0 Å². The number of rotatable bonds is 5. The van der Waals surface area contributed by atoms with Crippen molar-refractivity contribution in [3.63, 3.8) is 0 Å². The van der Waals surface area contributed by atoms with E-state index < -0.39 is 6.10 Å². The smallest absolute Gasteiger partial charge is 0.251 e. The number of nitrogens with zero attached hydrogens (tertiary/aromatic N) is 1. The Kier molecular flexibility index (Phi) is 4.83. The summed E-state index contributed by atoms with van der Waals surface area (Å²) in [5.41, 5.74) is 2.41. The van der Waals surface area contributed by atoms with Gasteiger partial charge in [0.15, 0.2) is 0 Å². The molecular formula is C19H20N2O2S. The second-order valence-corrected chi connectivity index (χ2v) is 6.77. The Labute approximate surface area is 145 Å². The maximum Gasteiger partial charge on any atom is 0.251 e. The van der Waals surface area contributed by atoms with E-state index in [0.29, 0.717) is 5.56 Å². The Hall–Kier alpha value is -2.37. The molecule has 24 heavy (non-hydrogen) atoms. The number of amides is 1. The highest BCUT2D eigenvalue weighted by Gasteiger charge is 2.15. The van der Waals surface area contributed by atoms with Crippen molar-refractivity contribution in [2.45, 2.75) is 6.10 Å². The molecule has 3 aromatic rings. The number of aliphatic hydroxyl groups excluding tert-OH is 1. The minimum absolute atomic E-state index is 0.183. The van der Waals surface area contributed by atoms with E-state index in [9.17, 15) is 9.90 Å². The Bertz CT molecular complexity index is 857. The van der Waals surface area contributed by atoms with E-state index in [2.05, 4.69) is 5.32 Å². The third-order valence-corrected chi connectivity index (χ3v) is 4.93. The fourth-order valence-electron chi connectivity index (χ4n) is 2.58. The third-order valence-electron chi connectivity index (χ3n) is 3.95. The van der Waals surface area contributed by atoms with Crippen LogP contribution in [0, 0.1) is 0 Å². The molecule has 2 aromatic carbocycles. The molecule has 1 amide bonds. The highest BCUT2D eigenvalue weighted by molar-refractivity contribution is 7.17. The molecule has 0 saturated heterocycles. The Morgan fingerprint density at radius 1 is 1.21 bits per heavy atom. The van der Waals surface area contributed by atoms with Crippen molar-refractivity contribution in [1.29, 1.82) is 0 Å². The first-order chi connectivity index (χ1) is 11.6. The monoisotopic (exact) mass is 340 g/mol. The van der Waals surface area contributed by atoms with Crippen molar-refractivity contribution in [1.82, 2.24) is 5.32 Å². The lowest BCUT2D eigenvalue weighted by atomic mass is 10.1. The number of carbonyl (C=O) groups excluding carboxylic acids is 1. The minimum Gasteiger partial charge on any atom is -0.387 e. The van der Waals surface area contributed by atoms with Crippen molar-refractivity contribution < 1.29 is 9.90 Å². The first kappa shape index (κ1) is 16.5. The van der Waals surface area contributed by atoms with Crippen molar-refractivity contribution in [2.75, 3.05) is 25.5 Å². The van der Waals surface area contributed by atoms with Crippen LogP contribution in [0.5, 0.6) is 0 Å². The van der Waals surface area contributed by atoms with E-state index >= 15 is 0 Å². The zero-order valence-electron chi connectivity index (χ0n) is 13.7. The van der Waals surface area contributed by atoms with Gasteiger partial charge in [-0.1, -0.05) is 24.3 Å². The summed E-state index contributed by atoms with van der Waals surface area (Å²) < 4.78 is 1.14. The van der Waals surface area contributed by atoms with Gasteiger partial charge in [0.05, 0.1) is 6.10 Å². The van der Waals surface area contributed by atoms with Crippen LogP contribution in [0.2, 0.25) is 0 Å². The Morgan fingerprint density at radius 3 is 2.79 bits per heavy atom. The van der Waals surface area contributed by atoms with Gasteiger partial charge < -0.3 is 15.3 Å². The van der Waals surface area contributed by atoms with Crippen molar-refractivity contribution in [3.05, 3.63) is 65.0 Å². The Morgan fingerprint density at radius 2 is 2.00 bits per heavy atom. The number of nitrogens with one attached hydrogen (secondary N) is 1. The van der Waals surface area contributed by atoms with Crippen LogP contribution in [0.3, 0.4) is 0 Å². The highest BCUT2D eigenvalue weighted by Crippen LogP contribution is 2.29. The molecule has 5 heteroatoms. The maximum atomic E-state index is 12.3. The SMILES string of the molecule is CN(C)c1cccc(C(=O)NC[C@H](O)c2csc3ccccc23)c1. The predicted octanol–water partition coefficient (Wildman–Crippen LogP) is 3.43. The first-order valence-electron chi connectivity index (χ1n) is 7.76. The standard InChI is InChI=1S/C19H20N2O2S/c1-21(2)14-7-5-6-13(10-14)19(23)20-11-17(22)16-12-24-18-9-4-3-8-15(16)18/h3-10,12,17,22H,11H2,1-2H3,(H,20,23)/t17-/m0/s1. The lowest BCUT2D eigenvalue weighted by Crippen LogP contribution is -2.28. The van der Waals surface area contributed by atoms with E-state index in [0.717, 1.165) is 21.3 Å². The van der Waals surface area contributed by atoms with Crippen LogP contribution in [0.15, 0.2) is 53.9 Å². The highest BCUT2D eigenvalue weighted by atomic mass is 32.1. The predicted molar refractivity (Wildman–Crippen MR) is 99.9 cm³/mol. The van der Waals surface area contributed by atoms with Crippen LogP contribution < -0.4 is 10.2 Å². The molecule has 0 radical (unpaired) electrons. The molecule has 1 heterocycles. The molecule has 0 aliphatic heterocycles. The van der Waals surface area contributed by atoms with Crippen LogP contribution in [0.4, 0.5) is 5.69 Å². The summed E-state index contributed by atoms with van der Waals surface area (Å²) in [4.78, 5) is 14.3. The molecule has 4 nitrogen and oxygen atoms in total. The van der Waals surface area contributed by atoms with Gasteiger partial charge in [0.1, 0.15) is 0 Å². The average molecular weight is 340 g/mol. The largest absolute Gasteiger partial charge is 0.387 e. The molecule has 0 bridgehead atoms. The summed E-state index contributed by atoms with van der Waals surface area (Å²) in [6, 6.07) is 15.4. The molecule has 0 aliphatic carbocycles. The van der Waals surface area contributed by atoms with Crippen LogP contribution in [0.25, 0.3) is 10.1 Å². The lowest BCUT2D eigenvalue weighted by Gasteiger charge is -2.14. The molecule has 1 atom stereocenters. The van der Waals surface area contributed by atoms with E-state index in [-0.39, 0.29) is 12.5 Å². The molecule has 2 N–H and O–H groups in total. The summed E-state index contributed by atoms with van der Waals surface area (Å²) >= 11 is 1.60. The zero-order valence-corrected chi connectivity index (χ0v) is 14.5. The molecule has 0 unspecified atom stereocenters. The molecule has 0 spiro atoms. The number of hydrogen-bond donors (Lipinski definition) is 2. The number of aliphatic hydroxyl groups is 1. The number of carbonyl (C=O) groups is 1. The topological polar surface area (TPSA) is 52.6 Å². The van der Waals surface area contributed by atoms with Crippen molar-refractivity contribution >= 4 is 33.0 Å². The van der Waals surface area contributed by atoms with E-state index in [4.69, 9.17) is 0 Å². The van der Waals surface area contributed by atoms with Gasteiger partial charge in [-0.25, -0.2) is 0 Å². The van der Waals surface area contributed by atoms with Crippen LogP contribution >= 0.6 is 11.3 Å². The van der Waals surface area contributed by atoms with Gasteiger partial charge in [-0.15, -0.1) is 11.3 Å². The number of hydrogen-bond acceptors (Lipinski definition) is 4. The normalized spacial score (nSPS) is 12.1. The second-order valence-electron chi connectivity index (χ2n) is 5.86. The fourth-order valence-corrected chi connectivity index (χ4v) is 3.59. The summed E-state index contributed by atoms with van der Waals surface area (Å²) in [6.45, 7) is 0.186. The average Bonchev–Trinajstić information content (AvgIpc) is 3.03. The van der Waals surface area contributed by atoms with Crippen molar-refractivity contribution in [2.24, 2.45) is 0 Å². The van der Waals surface area contributed by atoms with Gasteiger partial charge in [0, 0.05) is 42.2 Å². The fraction of sp³-hybridized carbons (Fsp3) is 0.211. The van der Waals surface area contributed by atoms with Gasteiger partial charge in [-0.05, 0) is 35.0 Å². The third kappa shape index (κ3) is 3.42. The molecule has 0 aliphatic rings. The number of thiophene rings is 1. The Balaban J connectivity index is 1.69. The number of fused-ring (bicyclic) bond motifs is 1. The first-order valence-corrected chi connectivity index (χ1v) is 8.64. The van der Waals surface area contributed by atoms with Gasteiger partial charge in [-0.2, -0.15) is 0 Å². The summed E-state index contributed by atoms with van der Waals surface area (Å²) in [5.74, 6) is -0.183. The molecule has 124 valence electrons. The van der Waals surface area contributed by atoms with Gasteiger partial charge in [0.25, 0.3) is 5.91 Å². The van der Waals surface area contributed by atoms with Crippen LogP contribution in [0.1, 0.15) is 22.0 Å². The number of anilines is 1. The summed E-state index contributed by atoms with van der Waals surface area (Å²) in [6.07, 6.45) is -0.720. The van der Waals surface area contributed by atoms with Gasteiger partial charge in [0.2, 0.25) is 0 Å². The summed E-state index contributed by atoms with van der Waals surface area (Å²) in [7, 11) is 3.87. The second kappa shape index (κ2) is 7.03. The molecular weight excluding hydrogens is 320 g/mol. The van der Waals surface area contributed by atoms with Crippen LogP contribution in [-0.2, 0) is 0 Å². The lowest BCUT2D eigenvalue weighted by molar-refractivity contribution is 0.0917. The number of benzene rings is 2. The van der Waals surface area contributed by atoms with E-state index in [1.807, 2.05) is 66.8 Å². The minimum atomic E-state index is -0.720. The maximum absolute atomic E-state index is 12.3. The van der Waals surface area contributed by atoms with Crippen LogP contribution in [-0.4, -0.2) is 31.7 Å². The van der Waals surface area contributed by atoms with Crippen molar-refractivity contribution in [3.8, 4) is 0 Å². The van der Waals surface area contributed by atoms with E-state index in [1.54, 1.807) is 17.4 Å². The molecule has 0 fully saturated rings. The summed E-state index contributed by atoms with van der Waals surface area (Å²) in [5, 5.41) is 16.2. The molecule has 3 rings (SSSR count). The zero-order chi connectivity index (χ0) is 17.1. The molecule has 0 saturated carbocycles. The quantitative estimate of drug-likeness (QED) is 0.748. The van der Waals surface area contributed by atoms with Gasteiger partial charge >= 0.3 is 0 Å². The molecule has 1 aromatic heterocycles. The van der Waals surface area contributed by atoms with Gasteiger partial charge in [-0.3, -0.25) is 4.79 Å².